The molecule has 1 atom stereocenters. The summed E-state index contributed by atoms with van der Waals surface area (Å²) in [6.07, 6.45) is 1.75. The SMILES string of the molecule is CCc1cc(C(=O)NCC(C)CCCl)n(C)n1. The maximum Gasteiger partial charge on any atom is 0.269 e. The van der Waals surface area contributed by atoms with Crippen molar-refractivity contribution in [3.8, 4) is 0 Å². The molecule has 1 aromatic rings. The second-order valence-corrected chi connectivity index (χ2v) is 4.67. The first-order valence-corrected chi connectivity index (χ1v) is 6.49. The van der Waals surface area contributed by atoms with Crippen molar-refractivity contribution in [1.82, 2.24) is 15.1 Å². The van der Waals surface area contributed by atoms with Crippen molar-refractivity contribution < 1.29 is 4.79 Å². The van der Waals surface area contributed by atoms with Gasteiger partial charge in [-0.25, -0.2) is 0 Å². The molecule has 1 amide bonds. The minimum absolute atomic E-state index is 0.0684. The molecule has 1 N–H and O–H groups in total. The standard InChI is InChI=1S/C12H20ClN3O/c1-4-10-7-11(16(3)15-10)12(17)14-8-9(2)5-6-13/h7,9H,4-6,8H2,1-3H3,(H,14,17). The molecule has 5 heteroatoms. The van der Waals surface area contributed by atoms with Gasteiger partial charge in [0.25, 0.3) is 5.91 Å². The largest absolute Gasteiger partial charge is 0.350 e. The summed E-state index contributed by atoms with van der Waals surface area (Å²) in [7, 11) is 1.79. The van der Waals surface area contributed by atoms with Crippen LogP contribution in [-0.4, -0.2) is 28.1 Å². The van der Waals surface area contributed by atoms with E-state index in [1.165, 1.54) is 0 Å². The Kier molecular flexibility index (Phi) is 5.48. The van der Waals surface area contributed by atoms with E-state index in [1.807, 2.05) is 13.0 Å². The van der Waals surface area contributed by atoms with E-state index < -0.39 is 0 Å². The van der Waals surface area contributed by atoms with Gasteiger partial charge in [0.1, 0.15) is 5.69 Å². The monoisotopic (exact) mass is 257 g/mol. The van der Waals surface area contributed by atoms with Crippen molar-refractivity contribution in [1.29, 1.82) is 0 Å². The highest BCUT2D eigenvalue weighted by Gasteiger charge is 2.13. The lowest BCUT2D eigenvalue weighted by Gasteiger charge is -2.10. The molecule has 0 spiro atoms. The molecule has 0 aliphatic rings. The molecular formula is C12H20ClN3O. The molecular weight excluding hydrogens is 238 g/mol. The van der Waals surface area contributed by atoms with Gasteiger partial charge in [0.2, 0.25) is 0 Å². The Labute approximate surface area is 107 Å². The first kappa shape index (κ1) is 14.0. The summed E-state index contributed by atoms with van der Waals surface area (Å²) in [5.74, 6) is 0.958. The predicted octanol–water partition coefficient (Wildman–Crippen LogP) is 1.98. The van der Waals surface area contributed by atoms with Crippen molar-refractivity contribution in [2.45, 2.75) is 26.7 Å². The molecule has 0 fully saturated rings. The lowest BCUT2D eigenvalue weighted by atomic mass is 10.1. The summed E-state index contributed by atoms with van der Waals surface area (Å²) in [6, 6.07) is 1.83. The van der Waals surface area contributed by atoms with Crippen LogP contribution < -0.4 is 5.32 Å². The van der Waals surface area contributed by atoms with Crippen molar-refractivity contribution in [2.75, 3.05) is 12.4 Å². The van der Waals surface area contributed by atoms with Gasteiger partial charge in [0.15, 0.2) is 0 Å². The lowest BCUT2D eigenvalue weighted by molar-refractivity contribution is 0.0938. The van der Waals surface area contributed by atoms with Crippen LogP contribution in [0, 0.1) is 5.92 Å². The molecule has 1 rings (SSSR count). The number of carbonyl (C=O) groups is 1. The number of amides is 1. The topological polar surface area (TPSA) is 46.9 Å². The van der Waals surface area contributed by atoms with Gasteiger partial charge in [0, 0.05) is 19.5 Å². The molecule has 0 saturated carbocycles. The van der Waals surface area contributed by atoms with Crippen LogP contribution in [0.25, 0.3) is 0 Å². The number of alkyl halides is 1. The highest BCUT2D eigenvalue weighted by atomic mass is 35.5. The normalized spacial score (nSPS) is 12.5. The smallest absolute Gasteiger partial charge is 0.269 e. The Hall–Kier alpha value is -1.03. The fraction of sp³-hybridized carbons (Fsp3) is 0.667. The summed E-state index contributed by atoms with van der Waals surface area (Å²) < 4.78 is 1.63. The molecule has 96 valence electrons. The van der Waals surface area contributed by atoms with Gasteiger partial charge in [-0.3, -0.25) is 9.48 Å². The summed E-state index contributed by atoms with van der Waals surface area (Å²) >= 11 is 5.65. The molecule has 0 saturated heterocycles. The van der Waals surface area contributed by atoms with Crippen molar-refractivity contribution in [2.24, 2.45) is 13.0 Å². The third-order valence-electron chi connectivity index (χ3n) is 2.74. The predicted molar refractivity (Wildman–Crippen MR) is 69.4 cm³/mol. The quantitative estimate of drug-likeness (QED) is 0.792. The van der Waals surface area contributed by atoms with E-state index in [4.69, 9.17) is 11.6 Å². The van der Waals surface area contributed by atoms with Gasteiger partial charge in [-0.15, -0.1) is 11.6 Å². The number of nitrogens with zero attached hydrogens (tertiary/aromatic N) is 2. The Morgan fingerprint density at radius 2 is 2.35 bits per heavy atom. The van der Waals surface area contributed by atoms with Gasteiger partial charge < -0.3 is 5.32 Å². The van der Waals surface area contributed by atoms with Crippen molar-refractivity contribution >= 4 is 17.5 Å². The van der Waals surface area contributed by atoms with E-state index in [0.29, 0.717) is 24.0 Å². The molecule has 1 heterocycles. The van der Waals surface area contributed by atoms with Gasteiger partial charge in [-0.1, -0.05) is 13.8 Å². The number of aryl methyl sites for hydroxylation is 2. The average Bonchev–Trinajstić information content (AvgIpc) is 2.68. The Morgan fingerprint density at radius 3 is 2.88 bits per heavy atom. The zero-order chi connectivity index (χ0) is 12.8. The van der Waals surface area contributed by atoms with Crippen LogP contribution in [0.4, 0.5) is 0 Å². The van der Waals surface area contributed by atoms with E-state index in [2.05, 4.69) is 17.3 Å². The number of aromatic nitrogens is 2. The van der Waals surface area contributed by atoms with Crippen LogP contribution >= 0.6 is 11.6 Å². The first-order valence-electron chi connectivity index (χ1n) is 5.95. The number of carbonyl (C=O) groups excluding carboxylic acids is 1. The third-order valence-corrected chi connectivity index (χ3v) is 2.96. The number of nitrogens with one attached hydrogen (secondary N) is 1. The van der Waals surface area contributed by atoms with E-state index in [0.717, 1.165) is 18.5 Å². The summed E-state index contributed by atoms with van der Waals surface area (Å²) in [6.45, 7) is 4.74. The van der Waals surface area contributed by atoms with Crippen LogP contribution in [0.5, 0.6) is 0 Å². The molecule has 0 aromatic carbocycles. The zero-order valence-corrected chi connectivity index (χ0v) is 11.4. The van der Waals surface area contributed by atoms with E-state index in [-0.39, 0.29) is 5.91 Å². The minimum Gasteiger partial charge on any atom is -0.350 e. The van der Waals surface area contributed by atoms with Crippen molar-refractivity contribution in [3.05, 3.63) is 17.5 Å². The number of halogens is 1. The maximum atomic E-state index is 11.9. The van der Waals surface area contributed by atoms with Gasteiger partial charge >= 0.3 is 0 Å². The van der Waals surface area contributed by atoms with Crippen LogP contribution in [-0.2, 0) is 13.5 Å². The maximum absolute atomic E-state index is 11.9. The number of rotatable bonds is 6. The lowest BCUT2D eigenvalue weighted by Crippen LogP contribution is -2.29. The molecule has 0 aliphatic carbocycles. The molecule has 17 heavy (non-hydrogen) atoms. The minimum atomic E-state index is -0.0684. The summed E-state index contributed by atoms with van der Waals surface area (Å²) in [5.41, 5.74) is 1.55. The second kappa shape index (κ2) is 6.64. The first-order chi connectivity index (χ1) is 8.08. The van der Waals surface area contributed by atoms with E-state index in [9.17, 15) is 4.79 Å². The van der Waals surface area contributed by atoms with Crippen LogP contribution in [0.3, 0.4) is 0 Å². The molecule has 0 bridgehead atoms. The van der Waals surface area contributed by atoms with Crippen molar-refractivity contribution in [3.63, 3.8) is 0 Å². The van der Waals surface area contributed by atoms with E-state index in [1.54, 1.807) is 11.7 Å². The molecule has 4 nitrogen and oxygen atoms in total. The number of hydrogen-bond donors (Lipinski definition) is 1. The second-order valence-electron chi connectivity index (χ2n) is 4.29. The van der Waals surface area contributed by atoms with Crippen LogP contribution in [0.2, 0.25) is 0 Å². The highest BCUT2D eigenvalue weighted by molar-refractivity contribution is 6.17. The fourth-order valence-electron chi connectivity index (χ4n) is 1.56. The highest BCUT2D eigenvalue weighted by Crippen LogP contribution is 2.05. The van der Waals surface area contributed by atoms with Gasteiger partial charge in [0.05, 0.1) is 5.69 Å². The van der Waals surface area contributed by atoms with Gasteiger partial charge in [-0.05, 0) is 24.8 Å². The fourth-order valence-corrected chi connectivity index (χ4v) is 1.93. The average molecular weight is 258 g/mol. The summed E-state index contributed by atoms with van der Waals surface area (Å²) in [5, 5.41) is 7.15. The molecule has 0 aliphatic heterocycles. The molecule has 1 aromatic heterocycles. The van der Waals surface area contributed by atoms with Crippen LogP contribution in [0.1, 0.15) is 36.5 Å². The zero-order valence-electron chi connectivity index (χ0n) is 10.7. The number of hydrogen-bond acceptors (Lipinski definition) is 2. The Balaban J connectivity index is 2.54. The van der Waals surface area contributed by atoms with Crippen LogP contribution in [0.15, 0.2) is 6.07 Å². The third kappa shape index (κ3) is 4.04. The Morgan fingerprint density at radius 1 is 1.65 bits per heavy atom. The summed E-state index contributed by atoms with van der Waals surface area (Å²) in [4.78, 5) is 11.9. The molecule has 1 unspecified atom stereocenters. The van der Waals surface area contributed by atoms with Gasteiger partial charge in [-0.2, -0.15) is 5.10 Å². The Bertz CT molecular complexity index is 376. The molecule has 0 radical (unpaired) electrons. The van der Waals surface area contributed by atoms with E-state index >= 15 is 0 Å².